The SMILES string of the molecule is C=C1CCC(=O)N1OC(=O)CC[15NH]C(=O)CC[15NH]C(=O)C[15N]1C(C)CCCC1C. The van der Waals surface area contributed by atoms with Crippen LogP contribution in [0.25, 0.3) is 0 Å². The third kappa shape index (κ3) is 7.16. The van der Waals surface area contributed by atoms with Gasteiger partial charge >= 0.3 is 5.97 Å². The van der Waals surface area contributed by atoms with Crippen molar-refractivity contribution in [2.24, 2.45) is 0 Å². The first-order valence-electron chi connectivity index (χ1n) is 10.3. The Hall–Kier alpha value is -2.42. The zero-order valence-electron chi connectivity index (χ0n) is 17.4. The Morgan fingerprint density at radius 2 is 1.66 bits per heavy atom. The molecule has 2 aliphatic rings. The highest BCUT2D eigenvalue weighted by molar-refractivity contribution is 5.82. The molecule has 2 N–H and O–H groups in total. The summed E-state index contributed by atoms with van der Waals surface area (Å²) in [5, 5.41) is 6.30. The van der Waals surface area contributed by atoms with Crippen LogP contribution in [0.5, 0.6) is 0 Å². The number of rotatable bonds is 9. The van der Waals surface area contributed by atoms with Gasteiger partial charge in [-0.15, -0.1) is 5.06 Å². The van der Waals surface area contributed by atoms with Gasteiger partial charge in [-0.25, -0.2) is 4.79 Å². The molecule has 9 heteroatoms. The second kappa shape index (κ2) is 10.9. The lowest BCUT2D eigenvalue weighted by Crippen LogP contribution is -2.49. The standard InChI is InChI=1S/C20H32N4O5/c1-14-5-4-6-15(2)23(14)13-18(26)22-11-9-17(25)21-12-10-20(28)29-24-16(3)7-8-19(24)27/h14-15H,3-13H2,1-2H3,(H,21,25)(H,22,26)/i21+1,22+1,23+1. The smallest absolute Gasteiger partial charge is 0.334 e. The number of hydrogen-bond donors (Lipinski definition) is 2. The predicted molar refractivity (Wildman–Crippen MR) is 106 cm³/mol. The number of allylic oxidation sites excluding steroid dienone is 1. The van der Waals surface area contributed by atoms with E-state index in [1.54, 1.807) is 0 Å². The van der Waals surface area contributed by atoms with Crippen LogP contribution in [0.4, 0.5) is 0 Å². The minimum absolute atomic E-state index is 0.0557. The molecule has 0 bridgehead atoms. The van der Waals surface area contributed by atoms with Crippen LogP contribution in [0.15, 0.2) is 12.3 Å². The lowest BCUT2D eigenvalue weighted by molar-refractivity contribution is -0.186. The van der Waals surface area contributed by atoms with Crippen molar-refractivity contribution in [2.75, 3.05) is 19.6 Å². The van der Waals surface area contributed by atoms with Gasteiger partial charge < -0.3 is 15.5 Å². The highest BCUT2D eigenvalue weighted by atomic mass is 16.7. The number of likely N-dealkylation sites (tertiary alicyclic amines) is 1. The molecule has 2 aliphatic heterocycles. The first-order chi connectivity index (χ1) is 13.8. The number of hydrogen-bond acceptors (Lipinski definition) is 6. The maximum atomic E-state index is 12.1. The van der Waals surface area contributed by atoms with Gasteiger partial charge in [0.1, 0.15) is 0 Å². The Balaban J connectivity index is 1.56. The fourth-order valence-corrected chi connectivity index (χ4v) is 3.61. The van der Waals surface area contributed by atoms with E-state index in [4.69, 9.17) is 4.84 Å². The minimum Gasteiger partial charge on any atom is -0.355 e. The molecule has 0 aromatic heterocycles. The van der Waals surface area contributed by atoms with Crippen molar-refractivity contribution in [1.29, 1.82) is 0 Å². The van der Waals surface area contributed by atoms with E-state index < -0.39 is 5.97 Å². The maximum absolute atomic E-state index is 12.1. The van der Waals surface area contributed by atoms with Crippen molar-refractivity contribution >= 4 is 23.7 Å². The first-order valence-corrected chi connectivity index (χ1v) is 10.3. The van der Waals surface area contributed by atoms with Gasteiger partial charge in [0.05, 0.1) is 18.7 Å². The second-order valence-corrected chi connectivity index (χ2v) is 7.72. The van der Waals surface area contributed by atoms with Crippen molar-refractivity contribution in [1.82, 2.24) is 20.6 Å². The van der Waals surface area contributed by atoms with Crippen LogP contribution < -0.4 is 10.6 Å². The average Bonchev–Trinajstić information content (AvgIpc) is 2.97. The number of piperidine rings is 1. The molecule has 162 valence electrons. The van der Waals surface area contributed by atoms with E-state index in [1.165, 1.54) is 6.42 Å². The Morgan fingerprint density at radius 3 is 2.28 bits per heavy atom. The van der Waals surface area contributed by atoms with Gasteiger partial charge in [0, 0.05) is 38.0 Å². The van der Waals surface area contributed by atoms with Crippen LogP contribution in [-0.2, 0) is 24.0 Å². The van der Waals surface area contributed by atoms with Gasteiger partial charge in [-0.05, 0) is 33.1 Å². The molecule has 0 aliphatic carbocycles. The molecule has 0 spiro atoms. The molecular weight excluding hydrogens is 379 g/mol. The monoisotopic (exact) mass is 411 g/mol. The van der Waals surface area contributed by atoms with Crippen LogP contribution in [0.3, 0.4) is 0 Å². The summed E-state index contributed by atoms with van der Waals surface area (Å²) in [7, 11) is 0. The number of carbonyl (C=O) groups excluding carboxylic acids is 4. The normalized spacial score (nSPS) is 22.5. The summed E-state index contributed by atoms with van der Waals surface area (Å²) in [4.78, 5) is 54.4. The van der Waals surface area contributed by atoms with Gasteiger partial charge in [0.2, 0.25) is 11.8 Å². The molecule has 2 saturated heterocycles. The molecule has 29 heavy (non-hydrogen) atoms. The number of nitrogens with one attached hydrogen (secondary N) is 2. The average molecular weight is 411 g/mol. The molecule has 0 radical (unpaired) electrons. The zero-order chi connectivity index (χ0) is 21.4. The molecule has 2 fully saturated rings. The lowest BCUT2D eigenvalue weighted by Gasteiger charge is -2.38. The Kier molecular flexibility index (Phi) is 8.63. The Labute approximate surface area is 171 Å². The topological polar surface area (TPSA) is 108 Å². The summed E-state index contributed by atoms with van der Waals surface area (Å²) in [5.41, 5.74) is 0.455. The Bertz CT molecular complexity index is 625. The number of hydroxylamine groups is 2. The molecule has 2 heterocycles. The summed E-state index contributed by atoms with van der Waals surface area (Å²) in [6, 6.07) is 0.779. The first kappa shape index (κ1) is 22.9. The summed E-state index contributed by atoms with van der Waals surface area (Å²) in [6.45, 7) is 8.62. The maximum Gasteiger partial charge on any atom is 0.334 e. The van der Waals surface area contributed by atoms with E-state index in [2.05, 4.69) is 36.0 Å². The van der Waals surface area contributed by atoms with E-state index in [0.717, 1.165) is 17.9 Å². The summed E-state index contributed by atoms with van der Waals surface area (Å²) < 4.78 is 0. The predicted octanol–water partition coefficient (Wildman–Crippen LogP) is 0.856. The van der Waals surface area contributed by atoms with Crippen LogP contribution in [0, 0.1) is 0 Å². The largest absolute Gasteiger partial charge is 0.355 e. The second-order valence-electron chi connectivity index (χ2n) is 7.72. The van der Waals surface area contributed by atoms with Crippen LogP contribution in [0.1, 0.15) is 58.8 Å². The summed E-state index contributed by atoms with van der Waals surface area (Å²) >= 11 is 0. The molecule has 9 nitrogen and oxygen atoms in total. The molecule has 3 amide bonds. The zero-order valence-corrected chi connectivity index (χ0v) is 17.4. The molecular formula is C20H32N4O5. The van der Waals surface area contributed by atoms with Crippen molar-refractivity contribution in [3.05, 3.63) is 12.3 Å². The van der Waals surface area contributed by atoms with E-state index in [0.29, 0.717) is 30.7 Å². The van der Waals surface area contributed by atoms with Gasteiger partial charge in [0.25, 0.3) is 5.91 Å². The minimum atomic E-state index is -0.611. The fraction of sp³-hybridized carbons (Fsp3) is 0.700. The third-order valence-electron chi connectivity index (χ3n) is 5.36. The fourth-order valence-electron chi connectivity index (χ4n) is 3.61. The van der Waals surface area contributed by atoms with E-state index >= 15 is 0 Å². The van der Waals surface area contributed by atoms with Gasteiger partial charge in [-0.1, -0.05) is 13.0 Å². The van der Waals surface area contributed by atoms with Gasteiger partial charge in [0.15, 0.2) is 0 Å². The summed E-state index contributed by atoms with van der Waals surface area (Å²) in [6.07, 6.45) is 4.23. The van der Waals surface area contributed by atoms with Crippen molar-refractivity contribution in [2.45, 2.75) is 70.9 Å². The third-order valence-corrected chi connectivity index (χ3v) is 5.36. The molecule has 0 aromatic carbocycles. The van der Waals surface area contributed by atoms with Gasteiger partial charge in [-0.3, -0.25) is 19.3 Å². The molecule has 0 saturated carbocycles. The quantitative estimate of drug-likeness (QED) is 0.545. The number of nitrogens with zero attached hydrogens (tertiary/aromatic N) is 2. The van der Waals surface area contributed by atoms with E-state index in [9.17, 15) is 19.2 Å². The number of carbonyl (C=O) groups is 4. The number of amides is 3. The van der Waals surface area contributed by atoms with E-state index in [-0.39, 0.29) is 50.1 Å². The van der Waals surface area contributed by atoms with E-state index in [1.807, 2.05) is 0 Å². The molecule has 2 atom stereocenters. The summed E-state index contributed by atoms with van der Waals surface area (Å²) in [5.74, 6) is -1.26. The Morgan fingerprint density at radius 1 is 1.03 bits per heavy atom. The van der Waals surface area contributed by atoms with Crippen molar-refractivity contribution < 1.29 is 24.0 Å². The molecule has 0 aromatic rings. The van der Waals surface area contributed by atoms with Crippen LogP contribution >= 0.6 is 0 Å². The lowest BCUT2D eigenvalue weighted by atomic mass is 10.0. The van der Waals surface area contributed by atoms with Crippen LogP contribution in [0.2, 0.25) is 0 Å². The highest BCUT2D eigenvalue weighted by Crippen LogP contribution is 2.22. The van der Waals surface area contributed by atoms with Gasteiger partial charge in [-0.2, -0.15) is 0 Å². The van der Waals surface area contributed by atoms with Crippen molar-refractivity contribution in [3.63, 3.8) is 0 Å². The highest BCUT2D eigenvalue weighted by Gasteiger charge is 2.28. The van der Waals surface area contributed by atoms with Crippen molar-refractivity contribution in [3.8, 4) is 0 Å². The van der Waals surface area contributed by atoms with Crippen LogP contribution in [-0.4, -0.2) is 65.4 Å². The molecule has 2 rings (SSSR count). The molecule has 2 unspecified atom stereocenters.